The third-order valence-corrected chi connectivity index (χ3v) is 6.47. The molecule has 0 aliphatic carbocycles. The highest BCUT2D eigenvalue weighted by Gasteiger charge is 2.31. The number of benzene rings is 1. The van der Waals surface area contributed by atoms with E-state index in [9.17, 15) is 4.79 Å². The highest BCUT2D eigenvalue weighted by Crippen LogP contribution is 2.27. The molecule has 0 saturated carbocycles. The van der Waals surface area contributed by atoms with E-state index in [0.29, 0.717) is 61.0 Å². The Kier molecular flexibility index (Phi) is 8.39. The Morgan fingerprint density at radius 2 is 1.98 bits per heavy atom. The molecule has 0 amide bonds. The van der Waals surface area contributed by atoms with Crippen molar-refractivity contribution in [1.82, 2.24) is 34.0 Å². The number of ether oxygens (including phenoxy) is 2. The van der Waals surface area contributed by atoms with E-state index in [4.69, 9.17) is 15.2 Å². The first-order valence-electron chi connectivity index (χ1n) is 12.9. The Balaban J connectivity index is 1.39. The van der Waals surface area contributed by atoms with Crippen molar-refractivity contribution in [2.45, 2.75) is 39.8 Å². The van der Waals surface area contributed by atoms with Crippen molar-refractivity contribution in [2.24, 2.45) is 0 Å². The normalized spacial score (nSPS) is 11.6. The first-order valence-corrected chi connectivity index (χ1v) is 12.9. The Bertz CT molecular complexity index is 1580. The van der Waals surface area contributed by atoms with Crippen LogP contribution in [0.1, 0.15) is 33.5 Å². The Hall–Kier alpha value is -4.44. The first kappa shape index (κ1) is 28.6. The summed E-state index contributed by atoms with van der Waals surface area (Å²) in [5.41, 5.74) is 7.09. The number of nitrogens with two attached hydrogens (primary N) is 1. The van der Waals surface area contributed by atoms with Crippen molar-refractivity contribution >= 4 is 34.4 Å². The summed E-state index contributed by atoms with van der Waals surface area (Å²) < 4.78 is 28.8. The second kappa shape index (κ2) is 11.7. The number of halogens is 1. The molecule has 12 nitrogen and oxygen atoms in total. The molecule has 3 aromatic heterocycles. The molecule has 0 aliphatic rings. The average Bonchev–Trinajstić information content (AvgIpc) is 3.52. The van der Waals surface area contributed by atoms with Crippen LogP contribution in [0.25, 0.3) is 16.8 Å². The molecule has 0 radical (unpaired) electrons. The number of anilines is 2. The number of nitrogen functional groups attached to an aromatic ring is 1. The second-order valence-corrected chi connectivity index (χ2v) is 9.73. The number of rotatable bonds is 11. The lowest BCUT2D eigenvalue weighted by Crippen LogP contribution is -2.39. The number of hydrogen-bond donors (Lipinski definition) is 1. The van der Waals surface area contributed by atoms with Crippen LogP contribution in [0.3, 0.4) is 0 Å². The number of carbonyl (C=O) groups excluding carboxylic acids is 1. The maximum absolute atomic E-state index is 15.0. The summed E-state index contributed by atoms with van der Waals surface area (Å²) in [7, 11) is 3.29. The number of carbonyl (C=O) groups is 1. The fourth-order valence-electron chi connectivity index (χ4n) is 4.28. The molecule has 0 fully saturated rings. The van der Waals surface area contributed by atoms with Gasteiger partial charge in [-0.1, -0.05) is 5.92 Å². The Morgan fingerprint density at radius 1 is 1.20 bits per heavy atom. The zero-order valence-electron chi connectivity index (χ0n) is 23.6. The van der Waals surface area contributed by atoms with Crippen LogP contribution >= 0.6 is 0 Å². The lowest BCUT2D eigenvalue weighted by molar-refractivity contribution is -0.156. The zero-order chi connectivity index (χ0) is 29.0. The quantitative estimate of drug-likeness (QED) is 0.219. The van der Waals surface area contributed by atoms with Crippen molar-refractivity contribution in [2.75, 3.05) is 51.0 Å². The zero-order valence-corrected chi connectivity index (χ0v) is 23.6. The maximum Gasteiger partial charge on any atom is 0.349 e. The van der Waals surface area contributed by atoms with E-state index in [1.807, 2.05) is 23.4 Å². The number of likely N-dealkylation sites (N-methyl/N-ethyl adjacent to an activating group) is 2. The minimum Gasteiger partial charge on any atom is -0.476 e. The topological polar surface area (TPSA) is 129 Å². The minimum atomic E-state index is -1.23. The molecule has 0 atom stereocenters. The molecule has 0 bridgehead atoms. The molecule has 212 valence electrons. The minimum absolute atomic E-state index is 0.208. The highest BCUT2D eigenvalue weighted by molar-refractivity contribution is 5.86. The van der Waals surface area contributed by atoms with Crippen molar-refractivity contribution < 1.29 is 18.7 Å². The van der Waals surface area contributed by atoms with Gasteiger partial charge in [0.2, 0.25) is 11.8 Å². The monoisotopic (exact) mass is 551 g/mol. The van der Waals surface area contributed by atoms with Crippen LogP contribution in [0.5, 0.6) is 5.75 Å². The largest absolute Gasteiger partial charge is 0.476 e. The standard InChI is InChI=1S/C27H34FN9O3/c1-7-9-21-31-24-22-23(32-26(29)37(24)33-21)36(17-30-22)15-13-34(5)12-14-35(8-2)20-11-10-18(16-19(20)28)40-27(3,4)25(38)39-6/h10-11,16-17H,8,12-15H2,1-6H3,(H2,29,32). The lowest BCUT2D eigenvalue weighted by atomic mass is 10.1. The molecule has 3 heterocycles. The predicted octanol–water partition coefficient (Wildman–Crippen LogP) is 2.36. The Morgan fingerprint density at radius 3 is 2.65 bits per heavy atom. The van der Waals surface area contributed by atoms with Crippen LogP contribution in [-0.4, -0.2) is 85.9 Å². The molecule has 13 heteroatoms. The summed E-state index contributed by atoms with van der Waals surface area (Å²) in [4.78, 5) is 29.4. The van der Waals surface area contributed by atoms with Crippen LogP contribution in [-0.2, 0) is 16.1 Å². The number of esters is 1. The molecule has 1 aromatic carbocycles. The first-order chi connectivity index (χ1) is 19.1. The molecule has 40 heavy (non-hydrogen) atoms. The van der Waals surface area contributed by atoms with E-state index in [-0.39, 0.29) is 11.7 Å². The van der Waals surface area contributed by atoms with Gasteiger partial charge in [-0.2, -0.15) is 14.5 Å². The average molecular weight is 552 g/mol. The van der Waals surface area contributed by atoms with Crippen LogP contribution in [0.15, 0.2) is 24.5 Å². The number of methoxy groups -OCH3 is 1. The van der Waals surface area contributed by atoms with Gasteiger partial charge in [-0.3, -0.25) is 0 Å². The van der Waals surface area contributed by atoms with Gasteiger partial charge in [0.1, 0.15) is 11.6 Å². The molecule has 2 N–H and O–H groups in total. The van der Waals surface area contributed by atoms with E-state index >= 15 is 4.39 Å². The molecule has 0 spiro atoms. The van der Waals surface area contributed by atoms with E-state index in [0.717, 1.165) is 0 Å². The van der Waals surface area contributed by atoms with Gasteiger partial charge in [0, 0.05) is 38.8 Å². The summed E-state index contributed by atoms with van der Waals surface area (Å²) in [6.45, 7) is 10.1. The van der Waals surface area contributed by atoms with Crippen molar-refractivity contribution in [1.29, 1.82) is 0 Å². The van der Waals surface area contributed by atoms with E-state index < -0.39 is 17.4 Å². The van der Waals surface area contributed by atoms with E-state index in [2.05, 4.69) is 36.8 Å². The van der Waals surface area contributed by atoms with Crippen molar-refractivity contribution in [3.8, 4) is 17.6 Å². The van der Waals surface area contributed by atoms with Crippen LogP contribution in [0.4, 0.5) is 16.0 Å². The predicted molar refractivity (Wildman–Crippen MR) is 150 cm³/mol. The molecule has 0 unspecified atom stereocenters. The number of fused-ring (bicyclic) bond motifs is 3. The van der Waals surface area contributed by atoms with Gasteiger partial charge in [-0.15, -0.1) is 5.10 Å². The van der Waals surface area contributed by atoms with Crippen LogP contribution in [0, 0.1) is 17.7 Å². The van der Waals surface area contributed by atoms with Crippen LogP contribution in [0.2, 0.25) is 0 Å². The highest BCUT2D eigenvalue weighted by atomic mass is 19.1. The Labute approximate surface area is 231 Å². The molecular formula is C27H34FN9O3. The summed E-state index contributed by atoms with van der Waals surface area (Å²) in [5.74, 6) is 5.46. The van der Waals surface area contributed by atoms with Gasteiger partial charge in [0.15, 0.2) is 22.4 Å². The number of hydrogen-bond acceptors (Lipinski definition) is 10. The SMILES string of the molecule is CC#Cc1nc2c3ncn(CCN(C)CCN(CC)c4ccc(OC(C)(C)C(=O)OC)cc4F)c3nc(N)n2n1. The fraction of sp³-hybridized carbons (Fsp3) is 0.444. The summed E-state index contributed by atoms with van der Waals surface area (Å²) in [6, 6.07) is 4.61. The second-order valence-electron chi connectivity index (χ2n) is 9.73. The number of nitrogens with zero attached hydrogens (tertiary/aromatic N) is 8. The molecule has 0 aliphatic heterocycles. The van der Waals surface area contributed by atoms with Crippen molar-refractivity contribution in [3.63, 3.8) is 0 Å². The van der Waals surface area contributed by atoms with Crippen molar-refractivity contribution in [3.05, 3.63) is 36.2 Å². The summed E-state index contributed by atoms with van der Waals surface area (Å²) >= 11 is 0. The molecule has 4 rings (SSSR count). The van der Waals surface area contributed by atoms with Gasteiger partial charge < -0.3 is 29.6 Å². The maximum atomic E-state index is 15.0. The lowest BCUT2D eigenvalue weighted by Gasteiger charge is -2.28. The summed E-state index contributed by atoms with van der Waals surface area (Å²) in [6.07, 6.45) is 1.71. The number of imidazole rings is 1. The van der Waals surface area contributed by atoms with E-state index in [1.54, 1.807) is 39.2 Å². The van der Waals surface area contributed by atoms with Gasteiger partial charge >= 0.3 is 5.97 Å². The van der Waals surface area contributed by atoms with E-state index in [1.165, 1.54) is 17.7 Å². The summed E-state index contributed by atoms with van der Waals surface area (Å²) in [5, 5.41) is 4.28. The smallest absolute Gasteiger partial charge is 0.349 e. The van der Waals surface area contributed by atoms with Crippen LogP contribution < -0.4 is 15.4 Å². The third kappa shape index (κ3) is 5.91. The third-order valence-electron chi connectivity index (χ3n) is 6.47. The van der Waals surface area contributed by atoms with Gasteiger partial charge in [0.25, 0.3) is 0 Å². The molecule has 4 aromatic rings. The fourth-order valence-corrected chi connectivity index (χ4v) is 4.28. The van der Waals surface area contributed by atoms with Gasteiger partial charge in [-0.25, -0.2) is 14.2 Å². The number of aromatic nitrogens is 6. The molecular weight excluding hydrogens is 517 g/mol. The van der Waals surface area contributed by atoms with Gasteiger partial charge in [-0.05, 0) is 52.8 Å². The van der Waals surface area contributed by atoms with Gasteiger partial charge in [0.05, 0.1) is 19.1 Å². The molecule has 0 saturated heterocycles.